The van der Waals surface area contributed by atoms with Crippen LogP contribution in [-0.2, 0) is 10.2 Å². The van der Waals surface area contributed by atoms with Gasteiger partial charge in [-0.2, -0.15) is 0 Å². The van der Waals surface area contributed by atoms with Crippen molar-refractivity contribution < 1.29 is 19.4 Å². The maximum atomic E-state index is 11.1. The zero-order valence-corrected chi connectivity index (χ0v) is 13.1. The molecule has 0 heterocycles. The molecule has 20 heavy (non-hydrogen) atoms. The first-order chi connectivity index (χ1) is 9.24. The fraction of sp³-hybridized carbons (Fsp3) is 0.562. The van der Waals surface area contributed by atoms with E-state index in [1.807, 2.05) is 26.0 Å². The largest absolute Gasteiger partial charge is 0.496 e. The van der Waals surface area contributed by atoms with E-state index >= 15 is 0 Å². The van der Waals surface area contributed by atoms with Gasteiger partial charge in [-0.15, -0.1) is 0 Å². The molecular weight excluding hydrogens is 256 g/mol. The molecule has 0 amide bonds. The summed E-state index contributed by atoms with van der Waals surface area (Å²) in [5.74, 6) is 0.900. The number of carboxylic acids is 1. The molecule has 0 radical (unpaired) electrons. The van der Waals surface area contributed by atoms with Gasteiger partial charge in [-0.3, -0.25) is 4.79 Å². The minimum atomic E-state index is -0.820. The van der Waals surface area contributed by atoms with Crippen molar-refractivity contribution in [2.75, 3.05) is 14.2 Å². The number of hydrogen-bond donors (Lipinski definition) is 1. The quantitative estimate of drug-likeness (QED) is 0.865. The minimum absolute atomic E-state index is 0.0488. The molecule has 0 aromatic heterocycles. The highest BCUT2D eigenvalue weighted by Crippen LogP contribution is 2.43. The summed E-state index contributed by atoms with van der Waals surface area (Å²) in [6.45, 7) is 7.95. The van der Waals surface area contributed by atoms with Crippen LogP contribution < -0.4 is 9.47 Å². The van der Waals surface area contributed by atoms with Crippen LogP contribution >= 0.6 is 0 Å². The van der Waals surface area contributed by atoms with E-state index in [1.165, 1.54) is 0 Å². The van der Waals surface area contributed by atoms with E-state index in [0.29, 0.717) is 0 Å². The minimum Gasteiger partial charge on any atom is -0.496 e. The van der Waals surface area contributed by atoms with Crippen molar-refractivity contribution in [2.45, 2.75) is 45.4 Å². The zero-order chi connectivity index (χ0) is 15.5. The highest BCUT2D eigenvalue weighted by atomic mass is 16.5. The summed E-state index contributed by atoms with van der Waals surface area (Å²) >= 11 is 0. The van der Waals surface area contributed by atoms with Gasteiger partial charge in [-0.1, -0.05) is 33.8 Å². The Bertz CT molecular complexity index is 489. The molecule has 1 aromatic carbocycles. The fourth-order valence-electron chi connectivity index (χ4n) is 2.53. The summed E-state index contributed by atoms with van der Waals surface area (Å²) in [5.41, 5.74) is 1.37. The van der Waals surface area contributed by atoms with Gasteiger partial charge in [0.05, 0.1) is 20.6 Å². The lowest BCUT2D eigenvalue weighted by Gasteiger charge is -2.28. The summed E-state index contributed by atoms with van der Waals surface area (Å²) in [7, 11) is 3.24. The molecule has 0 aliphatic carbocycles. The second-order valence-electron chi connectivity index (χ2n) is 5.87. The molecule has 0 saturated heterocycles. The molecule has 0 spiro atoms. The van der Waals surface area contributed by atoms with E-state index in [4.69, 9.17) is 14.6 Å². The number of benzene rings is 1. The van der Waals surface area contributed by atoms with Gasteiger partial charge in [-0.25, -0.2) is 0 Å². The van der Waals surface area contributed by atoms with Crippen LogP contribution in [0.15, 0.2) is 12.1 Å². The summed E-state index contributed by atoms with van der Waals surface area (Å²) in [4.78, 5) is 11.1. The molecule has 0 aliphatic heterocycles. The van der Waals surface area contributed by atoms with E-state index in [1.54, 1.807) is 14.2 Å². The predicted octanol–water partition coefficient (Wildman–Crippen LogP) is 3.58. The van der Waals surface area contributed by atoms with Crippen LogP contribution in [0, 0.1) is 0 Å². The summed E-state index contributed by atoms with van der Waals surface area (Å²) in [5, 5.41) is 9.09. The Morgan fingerprint density at radius 1 is 1.25 bits per heavy atom. The smallest absolute Gasteiger partial charge is 0.304 e. The number of ether oxygens (including phenoxy) is 2. The van der Waals surface area contributed by atoms with Crippen molar-refractivity contribution in [1.29, 1.82) is 0 Å². The van der Waals surface area contributed by atoms with Crippen molar-refractivity contribution >= 4 is 5.97 Å². The Labute approximate surface area is 120 Å². The molecule has 0 atom stereocenters. The first-order valence-corrected chi connectivity index (χ1v) is 6.71. The predicted molar refractivity (Wildman–Crippen MR) is 78.9 cm³/mol. The van der Waals surface area contributed by atoms with E-state index in [2.05, 4.69) is 13.8 Å². The molecule has 0 saturated carbocycles. The van der Waals surface area contributed by atoms with Crippen LogP contribution in [-0.4, -0.2) is 25.3 Å². The molecule has 1 rings (SSSR count). The van der Waals surface area contributed by atoms with Gasteiger partial charge in [0, 0.05) is 16.5 Å². The topological polar surface area (TPSA) is 55.8 Å². The number of carbonyl (C=O) groups is 1. The van der Waals surface area contributed by atoms with E-state index < -0.39 is 11.4 Å². The molecule has 0 fully saturated rings. The fourth-order valence-corrected chi connectivity index (χ4v) is 2.53. The molecule has 4 nitrogen and oxygen atoms in total. The third-order valence-electron chi connectivity index (χ3n) is 3.48. The highest BCUT2D eigenvalue weighted by Gasteiger charge is 2.30. The van der Waals surface area contributed by atoms with Crippen LogP contribution in [0.25, 0.3) is 0 Å². The van der Waals surface area contributed by atoms with E-state index in [-0.39, 0.29) is 12.3 Å². The lowest BCUT2D eigenvalue weighted by molar-refractivity contribution is -0.138. The molecule has 4 heteroatoms. The average Bonchev–Trinajstić information content (AvgIpc) is 2.34. The van der Waals surface area contributed by atoms with Crippen LogP contribution in [0.4, 0.5) is 0 Å². The summed E-state index contributed by atoms with van der Waals surface area (Å²) in [6.07, 6.45) is 0.0488. The van der Waals surface area contributed by atoms with E-state index in [0.717, 1.165) is 22.6 Å². The van der Waals surface area contributed by atoms with Crippen molar-refractivity contribution in [3.05, 3.63) is 23.3 Å². The van der Waals surface area contributed by atoms with Gasteiger partial charge in [-0.05, 0) is 12.0 Å². The molecule has 0 bridgehead atoms. The van der Waals surface area contributed by atoms with E-state index in [9.17, 15) is 4.79 Å². The Morgan fingerprint density at radius 2 is 1.85 bits per heavy atom. The van der Waals surface area contributed by atoms with Crippen molar-refractivity contribution in [1.82, 2.24) is 0 Å². The normalized spacial score (nSPS) is 11.6. The van der Waals surface area contributed by atoms with Gasteiger partial charge in [0.15, 0.2) is 0 Å². The number of hydrogen-bond acceptors (Lipinski definition) is 3. The summed E-state index contributed by atoms with van der Waals surface area (Å²) in [6, 6.07) is 3.78. The monoisotopic (exact) mass is 280 g/mol. The SMILES string of the molecule is COc1ccc(C(C)(C)CC(=O)O)c(OC)c1C(C)C. The van der Waals surface area contributed by atoms with Gasteiger partial charge in [0.25, 0.3) is 0 Å². The Balaban J connectivity index is 3.49. The third-order valence-corrected chi connectivity index (χ3v) is 3.48. The molecular formula is C16H24O4. The molecule has 0 aliphatic rings. The van der Waals surface area contributed by atoms with Gasteiger partial charge in [0.2, 0.25) is 0 Å². The molecule has 112 valence electrons. The second-order valence-corrected chi connectivity index (χ2v) is 5.87. The number of carboxylic acid groups (broad SMARTS) is 1. The highest BCUT2D eigenvalue weighted by molar-refractivity contribution is 5.69. The molecule has 1 N–H and O–H groups in total. The Kier molecular flexibility index (Phi) is 5.03. The number of aliphatic carboxylic acids is 1. The Morgan fingerprint density at radius 3 is 2.25 bits per heavy atom. The van der Waals surface area contributed by atoms with Crippen molar-refractivity contribution in [2.24, 2.45) is 0 Å². The zero-order valence-electron chi connectivity index (χ0n) is 13.1. The first-order valence-electron chi connectivity index (χ1n) is 6.71. The lowest BCUT2D eigenvalue weighted by Crippen LogP contribution is -2.23. The second kappa shape index (κ2) is 6.16. The van der Waals surface area contributed by atoms with Crippen LogP contribution in [0.2, 0.25) is 0 Å². The van der Waals surface area contributed by atoms with Crippen LogP contribution in [0.5, 0.6) is 11.5 Å². The standard InChI is InChI=1S/C16H24O4/c1-10(2)14-12(19-5)8-7-11(15(14)20-6)16(3,4)9-13(17)18/h7-8,10H,9H2,1-6H3,(H,17,18). The molecule has 0 unspecified atom stereocenters. The Hall–Kier alpha value is -1.71. The van der Waals surface area contributed by atoms with Gasteiger partial charge >= 0.3 is 5.97 Å². The number of rotatable bonds is 6. The first kappa shape index (κ1) is 16.3. The average molecular weight is 280 g/mol. The van der Waals surface area contributed by atoms with Gasteiger partial charge in [0.1, 0.15) is 11.5 Å². The summed E-state index contributed by atoms with van der Waals surface area (Å²) < 4.78 is 11.0. The van der Waals surface area contributed by atoms with Crippen LogP contribution in [0.1, 0.15) is 51.2 Å². The maximum Gasteiger partial charge on any atom is 0.304 e. The molecule has 1 aromatic rings. The lowest BCUT2D eigenvalue weighted by atomic mass is 9.79. The van der Waals surface area contributed by atoms with Crippen molar-refractivity contribution in [3.63, 3.8) is 0 Å². The number of methoxy groups -OCH3 is 2. The van der Waals surface area contributed by atoms with Crippen molar-refractivity contribution in [3.8, 4) is 11.5 Å². The van der Waals surface area contributed by atoms with Crippen LogP contribution in [0.3, 0.4) is 0 Å². The maximum absolute atomic E-state index is 11.1. The van der Waals surface area contributed by atoms with Gasteiger partial charge < -0.3 is 14.6 Å². The third kappa shape index (κ3) is 3.24.